The zero-order valence-electron chi connectivity index (χ0n) is 11.2. The summed E-state index contributed by atoms with van der Waals surface area (Å²) in [7, 11) is 1.47. The molecule has 1 aromatic carbocycles. The highest BCUT2D eigenvalue weighted by molar-refractivity contribution is 7.09. The SMILES string of the molecule is COc1cc(C(C)NCc2nc(C)cs2)ccc1F. The van der Waals surface area contributed by atoms with Crippen LogP contribution in [0.2, 0.25) is 0 Å². The molecule has 5 heteroatoms. The molecule has 0 aliphatic carbocycles. The normalized spacial score (nSPS) is 12.4. The predicted octanol–water partition coefficient (Wildman–Crippen LogP) is 3.45. The number of aromatic nitrogens is 1. The second-order valence-corrected chi connectivity index (χ2v) is 5.32. The van der Waals surface area contributed by atoms with Crippen LogP contribution >= 0.6 is 11.3 Å². The monoisotopic (exact) mass is 280 g/mol. The third-order valence-electron chi connectivity index (χ3n) is 2.90. The van der Waals surface area contributed by atoms with E-state index in [4.69, 9.17) is 4.74 Å². The Hall–Kier alpha value is -1.46. The number of hydrogen-bond donors (Lipinski definition) is 1. The molecule has 0 bridgehead atoms. The Bertz CT molecular complexity index is 556. The van der Waals surface area contributed by atoms with E-state index in [0.29, 0.717) is 6.54 Å². The molecule has 19 heavy (non-hydrogen) atoms. The van der Waals surface area contributed by atoms with Crippen LogP contribution in [0.4, 0.5) is 4.39 Å². The van der Waals surface area contributed by atoms with Crippen LogP contribution in [0.3, 0.4) is 0 Å². The molecule has 0 aliphatic heterocycles. The zero-order chi connectivity index (χ0) is 13.8. The fourth-order valence-electron chi connectivity index (χ4n) is 1.79. The Kier molecular flexibility index (Phi) is 4.50. The minimum Gasteiger partial charge on any atom is -0.494 e. The minimum atomic E-state index is -0.339. The molecule has 102 valence electrons. The molecule has 0 amide bonds. The van der Waals surface area contributed by atoms with Crippen LogP contribution in [0.25, 0.3) is 0 Å². The highest BCUT2D eigenvalue weighted by Crippen LogP contribution is 2.22. The van der Waals surface area contributed by atoms with Gasteiger partial charge in [0.1, 0.15) is 5.01 Å². The highest BCUT2D eigenvalue weighted by atomic mass is 32.1. The van der Waals surface area contributed by atoms with Crippen molar-refractivity contribution in [2.24, 2.45) is 0 Å². The molecular formula is C14H17FN2OS. The van der Waals surface area contributed by atoms with E-state index in [1.54, 1.807) is 23.5 Å². The van der Waals surface area contributed by atoms with Gasteiger partial charge in [-0.15, -0.1) is 11.3 Å². The lowest BCUT2D eigenvalue weighted by molar-refractivity contribution is 0.385. The fourth-order valence-corrected chi connectivity index (χ4v) is 2.51. The summed E-state index contributed by atoms with van der Waals surface area (Å²) in [5.74, 6) is -0.0646. The highest BCUT2D eigenvalue weighted by Gasteiger charge is 2.10. The van der Waals surface area contributed by atoms with Gasteiger partial charge in [0.25, 0.3) is 0 Å². The van der Waals surface area contributed by atoms with Gasteiger partial charge in [0.05, 0.1) is 7.11 Å². The van der Waals surface area contributed by atoms with Crippen molar-refractivity contribution < 1.29 is 9.13 Å². The van der Waals surface area contributed by atoms with Crippen molar-refractivity contribution >= 4 is 11.3 Å². The molecule has 1 heterocycles. The summed E-state index contributed by atoms with van der Waals surface area (Å²) in [5, 5.41) is 6.45. The molecule has 0 radical (unpaired) electrons. The first-order valence-electron chi connectivity index (χ1n) is 6.08. The first-order valence-corrected chi connectivity index (χ1v) is 6.96. The standard InChI is InChI=1S/C14H17FN2OS/c1-9-8-19-14(17-9)7-16-10(2)11-4-5-12(15)13(6-11)18-3/h4-6,8,10,16H,7H2,1-3H3. The van der Waals surface area contributed by atoms with Crippen LogP contribution in [-0.4, -0.2) is 12.1 Å². The molecule has 0 spiro atoms. The summed E-state index contributed by atoms with van der Waals surface area (Å²) < 4.78 is 18.3. The number of ether oxygens (including phenoxy) is 1. The zero-order valence-corrected chi connectivity index (χ0v) is 12.1. The number of rotatable bonds is 5. The number of nitrogens with zero attached hydrogens (tertiary/aromatic N) is 1. The van der Waals surface area contributed by atoms with Gasteiger partial charge in [0, 0.05) is 23.7 Å². The second-order valence-electron chi connectivity index (χ2n) is 4.38. The number of thiazole rings is 1. The van der Waals surface area contributed by atoms with E-state index in [0.717, 1.165) is 16.3 Å². The van der Waals surface area contributed by atoms with Gasteiger partial charge in [-0.05, 0) is 31.5 Å². The van der Waals surface area contributed by atoms with Gasteiger partial charge < -0.3 is 10.1 Å². The van der Waals surface area contributed by atoms with Gasteiger partial charge >= 0.3 is 0 Å². The van der Waals surface area contributed by atoms with Gasteiger partial charge in [-0.2, -0.15) is 0 Å². The summed E-state index contributed by atoms with van der Waals surface area (Å²) in [4.78, 5) is 4.40. The van der Waals surface area contributed by atoms with E-state index in [1.165, 1.54) is 13.2 Å². The quantitative estimate of drug-likeness (QED) is 0.911. The van der Waals surface area contributed by atoms with E-state index in [-0.39, 0.29) is 17.6 Å². The van der Waals surface area contributed by atoms with Crippen molar-refractivity contribution in [3.05, 3.63) is 45.7 Å². The number of hydrogen-bond acceptors (Lipinski definition) is 4. The smallest absolute Gasteiger partial charge is 0.165 e. The van der Waals surface area contributed by atoms with Crippen LogP contribution in [0.5, 0.6) is 5.75 Å². The average Bonchev–Trinajstić information content (AvgIpc) is 2.82. The molecule has 1 N–H and O–H groups in total. The van der Waals surface area contributed by atoms with Gasteiger partial charge in [-0.3, -0.25) is 0 Å². The van der Waals surface area contributed by atoms with Crippen molar-refractivity contribution in [3.8, 4) is 5.75 Å². The lowest BCUT2D eigenvalue weighted by Crippen LogP contribution is -2.18. The maximum Gasteiger partial charge on any atom is 0.165 e. The van der Waals surface area contributed by atoms with Gasteiger partial charge in [-0.1, -0.05) is 6.07 Å². The summed E-state index contributed by atoms with van der Waals surface area (Å²) in [6, 6.07) is 5.03. The van der Waals surface area contributed by atoms with Gasteiger partial charge in [0.15, 0.2) is 11.6 Å². The van der Waals surface area contributed by atoms with Crippen molar-refractivity contribution in [2.75, 3.05) is 7.11 Å². The molecule has 1 aromatic heterocycles. The Morgan fingerprint density at radius 1 is 1.47 bits per heavy atom. The minimum absolute atomic E-state index is 0.110. The third kappa shape index (κ3) is 3.52. The van der Waals surface area contributed by atoms with Gasteiger partial charge in [0.2, 0.25) is 0 Å². The van der Waals surface area contributed by atoms with Crippen LogP contribution in [0, 0.1) is 12.7 Å². The lowest BCUT2D eigenvalue weighted by Gasteiger charge is -2.14. The van der Waals surface area contributed by atoms with E-state index < -0.39 is 0 Å². The molecule has 3 nitrogen and oxygen atoms in total. The first kappa shape index (κ1) is 14.0. The number of nitrogens with one attached hydrogen (secondary N) is 1. The number of halogens is 1. The Morgan fingerprint density at radius 2 is 2.26 bits per heavy atom. The Morgan fingerprint density at radius 3 is 2.89 bits per heavy atom. The molecular weight excluding hydrogens is 263 g/mol. The molecule has 0 aliphatic rings. The molecule has 0 fully saturated rings. The molecule has 2 aromatic rings. The number of methoxy groups -OCH3 is 1. The van der Waals surface area contributed by atoms with E-state index in [2.05, 4.69) is 10.3 Å². The summed E-state index contributed by atoms with van der Waals surface area (Å²) in [6.45, 7) is 4.72. The van der Waals surface area contributed by atoms with Gasteiger partial charge in [-0.25, -0.2) is 9.37 Å². The van der Waals surface area contributed by atoms with Crippen LogP contribution in [-0.2, 0) is 6.54 Å². The van der Waals surface area contributed by atoms with Crippen molar-refractivity contribution in [1.29, 1.82) is 0 Å². The van der Waals surface area contributed by atoms with Crippen LogP contribution in [0.15, 0.2) is 23.6 Å². The summed E-state index contributed by atoms with van der Waals surface area (Å²) in [5.41, 5.74) is 2.03. The number of benzene rings is 1. The summed E-state index contributed by atoms with van der Waals surface area (Å²) in [6.07, 6.45) is 0. The third-order valence-corrected chi connectivity index (χ3v) is 3.87. The van der Waals surface area contributed by atoms with E-state index in [9.17, 15) is 4.39 Å². The molecule has 0 saturated carbocycles. The van der Waals surface area contributed by atoms with E-state index in [1.807, 2.05) is 19.2 Å². The lowest BCUT2D eigenvalue weighted by atomic mass is 10.1. The molecule has 1 unspecified atom stereocenters. The topological polar surface area (TPSA) is 34.1 Å². The van der Waals surface area contributed by atoms with Crippen molar-refractivity contribution in [3.63, 3.8) is 0 Å². The largest absolute Gasteiger partial charge is 0.494 e. The number of aryl methyl sites for hydroxylation is 1. The fraction of sp³-hybridized carbons (Fsp3) is 0.357. The second kappa shape index (κ2) is 6.12. The Balaban J connectivity index is 2.01. The van der Waals surface area contributed by atoms with Crippen molar-refractivity contribution in [2.45, 2.75) is 26.4 Å². The van der Waals surface area contributed by atoms with Crippen LogP contribution in [0.1, 0.15) is 29.2 Å². The molecule has 0 saturated heterocycles. The molecule has 2 rings (SSSR count). The maximum atomic E-state index is 13.3. The van der Waals surface area contributed by atoms with Crippen molar-refractivity contribution in [1.82, 2.24) is 10.3 Å². The predicted molar refractivity (Wildman–Crippen MR) is 75.1 cm³/mol. The van der Waals surface area contributed by atoms with Crippen LogP contribution < -0.4 is 10.1 Å². The molecule has 1 atom stereocenters. The Labute approximate surface area is 116 Å². The average molecular weight is 280 g/mol. The first-order chi connectivity index (χ1) is 9.10. The summed E-state index contributed by atoms with van der Waals surface area (Å²) >= 11 is 1.64. The van der Waals surface area contributed by atoms with E-state index >= 15 is 0 Å². The maximum absolute atomic E-state index is 13.3.